The van der Waals surface area contributed by atoms with Gasteiger partial charge in [0, 0.05) is 24.7 Å². The number of nitrogens with two attached hydrogens (primary N) is 3. The normalized spacial score (nSPS) is 16.4. The number of aromatic nitrogens is 2. The van der Waals surface area contributed by atoms with Crippen LogP contribution in [0, 0.1) is 6.92 Å². The molecule has 7 N–H and O–H groups in total. The van der Waals surface area contributed by atoms with Gasteiger partial charge >= 0.3 is 0 Å². The highest BCUT2D eigenvalue weighted by atomic mass is 15.5. The summed E-state index contributed by atoms with van der Waals surface area (Å²) in [7, 11) is 0. The number of nitrogens with one attached hydrogen (secondary N) is 1. The number of H-pyrrole nitrogens is 1. The Balaban J connectivity index is 1.68. The summed E-state index contributed by atoms with van der Waals surface area (Å²) in [6.07, 6.45) is 1.90. The van der Waals surface area contributed by atoms with Crippen LogP contribution >= 0.6 is 0 Å². The van der Waals surface area contributed by atoms with Crippen molar-refractivity contribution in [1.82, 2.24) is 14.9 Å². The first kappa shape index (κ1) is 16.1. The Hall–Kier alpha value is -2.74. The Labute approximate surface area is 141 Å². The van der Waals surface area contributed by atoms with E-state index in [9.17, 15) is 0 Å². The molecule has 0 saturated carbocycles. The number of guanidine groups is 1. The van der Waals surface area contributed by atoms with Crippen molar-refractivity contribution in [2.75, 3.05) is 23.8 Å². The second-order valence-electron chi connectivity index (χ2n) is 6.03. The zero-order valence-electron chi connectivity index (χ0n) is 13.8. The fourth-order valence-corrected chi connectivity index (χ4v) is 3.25. The van der Waals surface area contributed by atoms with E-state index in [0.717, 1.165) is 43.0 Å². The standard InChI is InChI=1S/C16H24N8/c1-11-14(21-15(17)20-11)12-7-9-23(10-8-12)16(22-18)24(19)13-5-3-2-4-6-13/h2-6,12H,7-10,18-19H2,1H3,(H3,17,20,21)/b22-16-. The number of hydrazone groups is 1. The van der Waals surface area contributed by atoms with Crippen LogP contribution < -0.4 is 22.4 Å². The Morgan fingerprint density at radius 2 is 1.96 bits per heavy atom. The monoisotopic (exact) mass is 328 g/mol. The first-order valence-electron chi connectivity index (χ1n) is 8.05. The second kappa shape index (κ2) is 6.79. The molecule has 0 radical (unpaired) electrons. The van der Waals surface area contributed by atoms with Crippen molar-refractivity contribution in [2.45, 2.75) is 25.7 Å². The molecule has 8 nitrogen and oxygen atoms in total. The SMILES string of the molecule is Cc1[nH]c(N)nc1C1CCN(/C(=N/N)N(N)c2ccccc2)CC1. The Kier molecular flexibility index (Phi) is 4.57. The molecular weight excluding hydrogens is 304 g/mol. The van der Waals surface area contributed by atoms with E-state index in [1.807, 2.05) is 37.3 Å². The summed E-state index contributed by atoms with van der Waals surface area (Å²) in [5.41, 5.74) is 8.70. The molecule has 0 atom stereocenters. The van der Waals surface area contributed by atoms with Crippen LogP contribution in [0.2, 0.25) is 0 Å². The number of piperidine rings is 1. The lowest BCUT2D eigenvalue weighted by atomic mass is 9.92. The highest BCUT2D eigenvalue weighted by Crippen LogP contribution is 2.29. The number of nitrogen functional groups attached to an aromatic ring is 1. The van der Waals surface area contributed by atoms with Crippen molar-refractivity contribution in [3.05, 3.63) is 41.7 Å². The molecule has 0 spiro atoms. The first-order valence-corrected chi connectivity index (χ1v) is 8.05. The van der Waals surface area contributed by atoms with Gasteiger partial charge in [0.25, 0.3) is 0 Å². The Morgan fingerprint density at radius 3 is 2.50 bits per heavy atom. The molecule has 1 fully saturated rings. The average molecular weight is 328 g/mol. The quantitative estimate of drug-likeness (QED) is 0.283. The second-order valence-corrected chi connectivity index (χ2v) is 6.03. The molecular formula is C16H24N8. The van der Waals surface area contributed by atoms with E-state index in [1.54, 1.807) is 0 Å². The summed E-state index contributed by atoms with van der Waals surface area (Å²) in [5.74, 6) is 13.2. The van der Waals surface area contributed by atoms with Crippen molar-refractivity contribution in [1.29, 1.82) is 0 Å². The number of rotatable bonds is 2. The van der Waals surface area contributed by atoms with Crippen LogP contribution in [0.1, 0.15) is 30.1 Å². The number of nitrogens with zero attached hydrogens (tertiary/aromatic N) is 4. The van der Waals surface area contributed by atoms with Crippen LogP contribution in [-0.2, 0) is 0 Å². The predicted molar refractivity (Wildman–Crippen MR) is 96.0 cm³/mol. The van der Waals surface area contributed by atoms with Crippen LogP contribution in [0.25, 0.3) is 0 Å². The molecule has 8 heteroatoms. The lowest BCUT2D eigenvalue weighted by Gasteiger charge is -2.36. The van der Waals surface area contributed by atoms with Gasteiger partial charge in [-0.2, -0.15) is 0 Å². The van der Waals surface area contributed by atoms with Gasteiger partial charge in [0.15, 0.2) is 5.95 Å². The van der Waals surface area contributed by atoms with Gasteiger partial charge in [0.2, 0.25) is 5.96 Å². The molecule has 24 heavy (non-hydrogen) atoms. The predicted octanol–water partition coefficient (Wildman–Crippen LogP) is 1.09. The summed E-state index contributed by atoms with van der Waals surface area (Å²) in [4.78, 5) is 9.60. The smallest absolute Gasteiger partial charge is 0.237 e. The van der Waals surface area contributed by atoms with Crippen molar-refractivity contribution in [2.24, 2.45) is 16.8 Å². The third-order valence-electron chi connectivity index (χ3n) is 4.47. The van der Waals surface area contributed by atoms with Crippen molar-refractivity contribution < 1.29 is 0 Å². The fraction of sp³-hybridized carbons (Fsp3) is 0.375. The largest absolute Gasteiger partial charge is 0.369 e. The third-order valence-corrected chi connectivity index (χ3v) is 4.47. The van der Waals surface area contributed by atoms with Gasteiger partial charge in [-0.1, -0.05) is 18.2 Å². The molecule has 1 aromatic heterocycles. The van der Waals surface area contributed by atoms with Crippen molar-refractivity contribution >= 4 is 17.6 Å². The van der Waals surface area contributed by atoms with Crippen LogP contribution in [0.5, 0.6) is 0 Å². The van der Waals surface area contributed by atoms with E-state index < -0.39 is 0 Å². The lowest BCUT2D eigenvalue weighted by molar-refractivity contribution is 0.305. The highest BCUT2D eigenvalue weighted by molar-refractivity contribution is 5.94. The number of hydrazine groups is 1. The number of anilines is 2. The Bertz CT molecular complexity index is 700. The summed E-state index contributed by atoms with van der Waals surface area (Å²) < 4.78 is 0. The molecule has 2 heterocycles. The van der Waals surface area contributed by atoms with Gasteiger partial charge in [-0.25, -0.2) is 15.8 Å². The molecule has 0 bridgehead atoms. The summed E-state index contributed by atoms with van der Waals surface area (Å²) in [5, 5.41) is 5.44. The molecule has 1 aromatic carbocycles. The molecule has 1 aliphatic heterocycles. The van der Waals surface area contributed by atoms with Gasteiger partial charge in [-0.15, -0.1) is 5.10 Å². The first-order chi connectivity index (χ1) is 11.6. The maximum Gasteiger partial charge on any atom is 0.237 e. The van der Waals surface area contributed by atoms with Crippen LogP contribution in [0.3, 0.4) is 0 Å². The number of aromatic amines is 1. The van der Waals surface area contributed by atoms with E-state index in [4.69, 9.17) is 17.4 Å². The summed E-state index contributed by atoms with van der Waals surface area (Å²) in [6.45, 7) is 3.63. The maximum atomic E-state index is 6.20. The number of hydrogen-bond donors (Lipinski definition) is 4. The Morgan fingerprint density at radius 1 is 1.29 bits per heavy atom. The van der Waals surface area contributed by atoms with E-state index in [1.165, 1.54) is 5.01 Å². The van der Waals surface area contributed by atoms with E-state index in [0.29, 0.717) is 17.8 Å². The zero-order chi connectivity index (χ0) is 17.1. The highest BCUT2D eigenvalue weighted by Gasteiger charge is 2.27. The summed E-state index contributed by atoms with van der Waals surface area (Å²) in [6, 6.07) is 9.65. The van der Waals surface area contributed by atoms with E-state index in [-0.39, 0.29) is 0 Å². The van der Waals surface area contributed by atoms with Gasteiger partial charge in [-0.3, -0.25) is 0 Å². The van der Waals surface area contributed by atoms with Crippen molar-refractivity contribution in [3.8, 4) is 0 Å². The molecule has 0 unspecified atom stereocenters. The zero-order valence-corrected chi connectivity index (χ0v) is 13.8. The molecule has 1 saturated heterocycles. The van der Waals surface area contributed by atoms with E-state index >= 15 is 0 Å². The number of hydrogen-bond acceptors (Lipinski definition) is 5. The van der Waals surface area contributed by atoms with Crippen LogP contribution in [0.15, 0.2) is 35.4 Å². The van der Waals surface area contributed by atoms with Crippen LogP contribution in [-0.4, -0.2) is 33.9 Å². The molecule has 0 aliphatic carbocycles. The minimum Gasteiger partial charge on any atom is -0.369 e. The molecule has 2 aromatic rings. The van der Waals surface area contributed by atoms with Crippen molar-refractivity contribution in [3.63, 3.8) is 0 Å². The minimum absolute atomic E-state index is 0.386. The average Bonchev–Trinajstić information content (AvgIpc) is 2.95. The van der Waals surface area contributed by atoms with E-state index in [2.05, 4.69) is 20.0 Å². The number of para-hydroxylation sites is 1. The topological polar surface area (TPSA) is 126 Å². The number of likely N-dealkylation sites (tertiary alicyclic amines) is 1. The van der Waals surface area contributed by atoms with Crippen LogP contribution in [0.4, 0.5) is 11.6 Å². The summed E-state index contributed by atoms with van der Waals surface area (Å²) >= 11 is 0. The molecule has 128 valence electrons. The minimum atomic E-state index is 0.386. The number of imidazole rings is 1. The number of benzene rings is 1. The number of aryl methyl sites for hydroxylation is 1. The molecule has 1 aliphatic rings. The van der Waals surface area contributed by atoms with Gasteiger partial charge in [0.05, 0.1) is 11.4 Å². The fourth-order valence-electron chi connectivity index (χ4n) is 3.25. The molecule has 3 rings (SSSR count). The van der Waals surface area contributed by atoms with Gasteiger partial charge in [-0.05, 0) is 31.9 Å². The van der Waals surface area contributed by atoms with Gasteiger partial charge < -0.3 is 21.5 Å². The lowest BCUT2D eigenvalue weighted by Crippen LogP contribution is -2.51. The molecule has 0 amide bonds. The third kappa shape index (κ3) is 3.13. The maximum absolute atomic E-state index is 6.20. The van der Waals surface area contributed by atoms with Gasteiger partial charge in [0.1, 0.15) is 0 Å².